The largest absolute Gasteiger partial charge is 0.619 e. The summed E-state index contributed by atoms with van der Waals surface area (Å²) in [7, 11) is 1.17. The van der Waals surface area contributed by atoms with Gasteiger partial charge < -0.3 is 14.7 Å². The zero-order valence-corrected chi connectivity index (χ0v) is 12.6. The molecule has 1 aromatic heterocycles. The van der Waals surface area contributed by atoms with Gasteiger partial charge in [0.05, 0.1) is 12.2 Å². The number of hydrogen-bond acceptors (Lipinski definition) is 4. The van der Waals surface area contributed by atoms with Gasteiger partial charge in [-0.3, -0.25) is 0 Å². The van der Waals surface area contributed by atoms with E-state index in [0.29, 0.717) is 10.3 Å². The number of aromatic nitrogens is 1. The van der Waals surface area contributed by atoms with Crippen LogP contribution in [0.4, 0.5) is 8.78 Å². The summed E-state index contributed by atoms with van der Waals surface area (Å²) < 4.78 is 38.8. The predicted molar refractivity (Wildman–Crippen MR) is 77.1 cm³/mol. The normalized spacial score (nSPS) is 12.0. The third-order valence-electron chi connectivity index (χ3n) is 3.21. The van der Waals surface area contributed by atoms with Crippen molar-refractivity contribution in [3.8, 4) is 11.1 Å². The van der Waals surface area contributed by atoms with Crippen LogP contribution in [0.1, 0.15) is 18.6 Å². The van der Waals surface area contributed by atoms with E-state index in [4.69, 9.17) is 9.47 Å². The first-order chi connectivity index (χ1) is 11.0. The van der Waals surface area contributed by atoms with E-state index in [1.807, 2.05) is 0 Å². The van der Waals surface area contributed by atoms with Crippen LogP contribution >= 0.6 is 0 Å². The number of rotatable bonds is 5. The molecule has 23 heavy (non-hydrogen) atoms. The molecule has 0 radical (unpaired) electrons. The Morgan fingerprint density at radius 2 is 1.78 bits per heavy atom. The van der Waals surface area contributed by atoms with Crippen LogP contribution in [0, 0.1) is 16.8 Å². The molecular weight excluding hydrogens is 308 g/mol. The Hall–Kier alpha value is -2.54. The van der Waals surface area contributed by atoms with Crippen molar-refractivity contribution in [2.75, 3.05) is 13.7 Å². The molecule has 0 saturated carbocycles. The van der Waals surface area contributed by atoms with E-state index >= 15 is 0 Å². The van der Waals surface area contributed by atoms with Gasteiger partial charge in [-0.05, 0) is 30.2 Å². The quantitative estimate of drug-likeness (QED) is 0.482. The molecule has 0 N–H and O–H groups in total. The molecule has 5 nitrogen and oxygen atoms in total. The molecule has 0 bridgehead atoms. The maximum atomic E-state index is 14.3. The van der Waals surface area contributed by atoms with Crippen molar-refractivity contribution >= 4 is 5.97 Å². The van der Waals surface area contributed by atoms with Crippen LogP contribution in [0.2, 0.25) is 0 Å². The molecule has 2 aromatic rings. The van der Waals surface area contributed by atoms with Gasteiger partial charge in [0.15, 0.2) is 18.5 Å². The van der Waals surface area contributed by atoms with E-state index in [1.165, 1.54) is 31.6 Å². The van der Waals surface area contributed by atoms with Gasteiger partial charge in [-0.1, -0.05) is 0 Å². The Morgan fingerprint density at radius 1 is 1.22 bits per heavy atom. The van der Waals surface area contributed by atoms with Gasteiger partial charge in [-0.25, -0.2) is 13.6 Å². The van der Waals surface area contributed by atoms with Crippen LogP contribution in [0.15, 0.2) is 36.7 Å². The first kappa shape index (κ1) is 16.8. The minimum absolute atomic E-state index is 0.0687. The second-order valence-corrected chi connectivity index (χ2v) is 4.67. The van der Waals surface area contributed by atoms with Crippen molar-refractivity contribution in [1.29, 1.82) is 0 Å². The lowest BCUT2D eigenvalue weighted by molar-refractivity contribution is -0.605. The lowest BCUT2D eigenvalue weighted by atomic mass is 10.0. The number of halogens is 2. The minimum Gasteiger partial charge on any atom is -0.619 e. The highest BCUT2D eigenvalue weighted by Gasteiger charge is 2.28. The molecule has 0 aliphatic carbocycles. The Morgan fingerprint density at radius 3 is 2.26 bits per heavy atom. The maximum Gasteiger partial charge on any atom is 0.340 e. The predicted octanol–water partition coefficient (Wildman–Crippen LogP) is 2.52. The summed E-state index contributed by atoms with van der Waals surface area (Å²) in [6.45, 7) is 1.65. The van der Waals surface area contributed by atoms with E-state index in [-0.39, 0.29) is 12.2 Å². The fourth-order valence-electron chi connectivity index (χ4n) is 2.16. The summed E-state index contributed by atoms with van der Waals surface area (Å²) >= 11 is 0. The molecule has 0 saturated heterocycles. The van der Waals surface area contributed by atoms with E-state index in [9.17, 15) is 18.8 Å². The van der Waals surface area contributed by atoms with Gasteiger partial charge in [-0.2, -0.15) is 4.73 Å². The number of esters is 1. The van der Waals surface area contributed by atoms with Gasteiger partial charge in [-0.15, -0.1) is 0 Å². The van der Waals surface area contributed by atoms with Crippen LogP contribution in [0.3, 0.4) is 0 Å². The minimum atomic E-state index is -1.48. The second-order valence-electron chi connectivity index (χ2n) is 4.67. The molecule has 7 heteroatoms. The number of pyridine rings is 1. The van der Waals surface area contributed by atoms with E-state index < -0.39 is 29.3 Å². The van der Waals surface area contributed by atoms with Gasteiger partial charge in [0.2, 0.25) is 0 Å². The molecule has 1 atom stereocenters. The molecule has 1 aromatic carbocycles. The van der Waals surface area contributed by atoms with E-state index in [0.717, 1.165) is 12.1 Å². The standard InChI is InChI=1S/C16H15F2NO4/c1-3-23-16(20)15(22-2)14-12(17)8-11(9-13(14)18)10-4-6-19(21)7-5-10/h4-9,15H,3H2,1-2H3. The Labute approximate surface area is 131 Å². The monoisotopic (exact) mass is 323 g/mol. The third kappa shape index (κ3) is 3.62. The topological polar surface area (TPSA) is 62.5 Å². The number of carbonyl (C=O) groups excluding carboxylic acids is 1. The fourth-order valence-corrected chi connectivity index (χ4v) is 2.16. The molecule has 122 valence electrons. The molecule has 2 rings (SSSR count). The lowest BCUT2D eigenvalue weighted by Gasteiger charge is -2.16. The number of hydrogen-bond donors (Lipinski definition) is 0. The third-order valence-corrected chi connectivity index (χ3v) is 3.21. The Kier molecular flexibility index (Phi) is 5.23. The smallest absolute Gasteiger partial charge is 0.340 e. The van der Waals surface area contributed by atoms with Crippen LogP contribution in [-0.2, 0) is 14.3 Å². The molecule has 0 spiro atoms. The average molecular weight is 323 g/mol. The summed E-state index contributed by atoms with van der Waals surface area (Å²) in [4.78, 5) is 11.8. The van der Waals surface area contributed by atoms with Gasteiger partial charge in [0.25, 0.3) is 0 Å². The Balaban J connectivity index is 2.44. The molecule has 0 aliphatic heterocycles. The van der Waals surface area contributed by atoms with Crippen molar-refractivity contribution < 1.29 is 27.8 Å². The molecule has 1 unspecified atom stereocenters. The Bertz CT molecular complexity index is 681. The number of ether oxygens (including phenoxy) is 2. The zero-order chi connectivity index (χ0) is 17.0. The SMILES string of the molecule is CCOC(=O)C(OC)c1c(F)cc(-c2cc[n+]([O-])cc2)cc1F. The summed E-state index contributed by atoms with van der Waals surface area (Å²) in [5.74, 6) is -2.73. The lowest BCUT2D eigenvalue weighted by Crippen LogP contribution is -2.23. The van der Waals surface area contributed by atoms with Gasteiger partial charge in [0, 0.05) is 19.2 Å². The fraction of sp³-hybridized carbons (Fsp3) is 0.250. The van der Waals surface area contributed by atoms with Gasteiger partial charge in [0.1, 0.15) is 11.6 Å². The first-order valence-corrected chi connectivity index (χ1v) is 6.85. The number of methoxy groups -OCH3 is 1. The number of benzene rings is 1. The number of carbonyl (C=O) groups is 1. The highest BCUT2D eigenvalue weighted by Crippen LogP contribution is 2.29. The summed E-state index contributed by atoms with van der Waals surface area (Å²) in [6.07, 6.45) is 0.953. The summed E-state index contributed by atoms with van der Waals surface area (Å²) in [6, 6.07) is 5.02. The van der Waals surface area contributed by atoms with E-state index in [2.05, 4.69) is 0 Å². The van der Waals surface area contributed by atoms with Gasteiger partial charge >= 0.3 is 5.97 Å². The summed E-state index contributed by atoms with van der Waals surface area (Å²) in [5.41, 5.74) is 0.194. The van der Waals surface area contributed by atoms with Crippen molar-refractivity contribution in [2.24, 2.45) is 0 Å². The zero-order valence-electron chi connectivity index (χ0n) is 12.6. The molecule has 0 aliphatic rings. The highest BCUT2D eigenvalue weighted by molar-refractivity contribution is 5.77. The molecule has 0 fully saturated rings. The van der Waals surface area contributed by atoms with Crippen molar-refractivity contribution in [3.63, 3.8) is 0 Å². The average Bonchev–Trinajstić information content (AvgIpc) is 2.51. The van der Waals surface area contributed by atoms with Crippen LogP contribution in [-0.4, -0.2) is 19.7 Å². The maximum absolute atomic E-state index is 14.3. The summed E-state index contributed by atoms with van der Waals surface area (Å²) in [5, 5.41) is 11.0. The van der Waals surface area contributed by atoms with Crippen molar-refractivity contribution in [3.05, 3.63) is 59.1 Å². The number of nitrogens with zero attached hydrogens (tertiary/aromatic N) is 1. The molecule has 1 heterocycles. The van der Waals surface area contributed by atoms with Crippen LogP contribution in [0.5, 0.6) is 0 Å². The second kappa shape index (κ2) is 7.15. The van der Waals surface area contributed by atoms with Crippen LogP contribution in [0.25, 0.3) is 11.1 Å². The first-order valence-electron chi connectivity index (χ1n) is 6.85. The van der Waals surface area contributed by atoms with Crippen molar-refractivity contribution in [2.45, 2.75) is 13.0 Å². The van der Waals surface area contributed by atoms with Crippen LogP contribution < -0.4 is 4.73 Å². The molecule has 0 amide bonds. The highest BCUT2D eigenvalue weighted by atomic mass is 19.1. The molecular formula is C16H15F2NO4. The van der Waals surface area contributed by atoms with Crippen molar-refractivity contribution in [1.82, 2.24) is 0 Å². The van der Waals surface area contributed by atoms with E-state index in [1.54, 1.807) is 6.92 Å².